The lowest BCUT2D eigenvalue weighted by atomic mass is 10.0. The lowest BCUT2D eigenvalue weighted by molar-refractivity contribution is 0.0907. The summed E-state index contributed by atoms with van der Waals surface area (Å²) in [7, 11) is 0. The molecular weight excluding hydrogens is 219 g/mol. The van der Waals surface area contributed by atoms with E-state index in [4.69, 9.17) is 5.73 Å². The van der Waals surface area contributed by atoms with Crippen LogP contribution in [-0.4, -0.2) is 11.4 Å². The summed E-state index contributed by atoms with van der Waals surface area (Å²) in [5, 5.41) is 2.78. The molecule has 0 fully saturated rings. The van der Waals surface area contributed by atoms with Crippen LogP contribution in [0.5, 0.6) is 0 Å². The molecule has 0 heterocycles. The average Bonchev–Trinajstić information content (AvgIpc) is 2.22. The molecule has 94 valence electrons. The van der Waals surface area contributed by atoms with E-state index < -0.39 is 11.7 Å². The van der Waals surface area contributed by atoms with Crippen molar-refractivity contribution in [3.05, 3.63) is 29.1 Å². The number of hydrogen-bond donors (Lipinski definition) is 2. The van der Waals surface area contributed by atoms with Crippen molar-refractivity contribution in [3.8, 4) is 0 Å². The molecule has 0 saturated heterocycles. The summed E-state index contributed by atoms with van der Waals surface area (Å²) in [6, 6.07) is 2.88. The smallest absolute Gasteiger partial charge is 0.254 e. The number of carbonyl (C=O) groups is 1. The molecule has 0 bridgehead atoms. The van der Waals surface area contributed by atoms with Crippen LogP contribution in [0.15, 0.2) is 12.1 Å². The predicted molar refractivity (Wildman–Crippen MR) is 67.4 cm³/mol. The molecule has 1 rings (SSSR count). The summed E-state index contributed by atoms with van der Waals surface area (Å²) in [6.45, 7) is 7.33. The first kappa shape index (κ1) is 13.5. The Balaban J connectivity index is 3.05. The SMILES string of the molecule is CCC(C)(C)NC(=O)c1cc(N)cc(C)c1F. The van der Waals surface area contributed by atoms with Crippen molar-refractivity contribution in [1.29, 1.82) is 0 Å². The fourth-order valence-electron chi connectivity index (χ4n) is 1.43. The highest BCUT2D eigenvalue weighted by atomic mass is 19.1. The molecule has 1 aromatic carbocycles. The Morgan fingerprint density at radius 2 is 2.06 bits per heavy atom. The molecule has 3 N–H and O–H groups in total. The Morgan fingerprint density at radius 3 is 2.59 bits per heavy atom. The van der Waals surface area contributed by atoms with E-state index in [2.05, 4.69) is 5.32 Å². The number of rotatable bonds is 3. The van der Waals surface area contributed by atoms with Crippen LogP contribution in [0.1, 0.15) is 43.1 Å². The van der Waals surface area contributed by atoms with Crippen LogP contribution < -0.4 is 11.1 Å². The minimum atomic E-state index is -0.511. The molecule has 0 aliphatic carbocycles. The summed E-state index contributed by atoms with van der Waals surface area (Å²) in [4.78, 5) is 11.9. The molecule has 0 atom stereocenters. The van der Waals surface area contributed by atoms with Crippen LogP contribution in [0.4, 0.5) is 10.1 Å². The molecule has 0 aliphatic rings. The molecule has 3 nitrogen and oxygen atoms in total. The summed E-state index contributed by atoms with van der Waals surface area (Å²) in [5.41, 5.74) is 6.03. The van der Waals surface area contributed by atoms with Crippen molar-refractivity contribution in [2.24, 2.45) is 0 Å². The number of hydrogen-bond acceptors (Lipinski definition) is 2. The Bertz CT molecular complexity index is 441. The van der Waals surface area contributed by atoms with Gasteiger partial charge in [-0.2, -0.15) is 0 Å². The third-order valence-electron chi connectivity index (χ3n) is 2.86. The predicted octanol–water partition coefficient (Wildman–Crippen LogP) is 2.63. The Hall–Kier alpha value is -1.58. The molecule has 0 aliphatic heterocycles. The maximum Gasteiger partial charge on any atom is 0.254 e. The topological polar surface area (TPSA) is 55.1 Å². The largest absolute Gasteiger partial charge is 0.399 e. The van der Waals surface area contributed by atoms with Crippen LogP contribution in [-0.2, 0) is 0 Å². The van der Waals surface area contributed by atoms with Gasteiger partial charge in [-0.05, 0) is 44.9 Å². The first-order chi connectivity index (χ1) is 7.76. The monoisotopic (exact) mass is 238 g/mol. The number of halogens is 1. The first-order valence-corrected chi connectivity index (χ1v) is 5.65. The zero-order chi connectivity index (χ0) is 13.2. The molecule has 4 heteroatoms. The second kappa shape index (κ2) is 4.73. The molecule has 0 saturated carbocycles. The van der Waals surface area contributed by atoms with Gasteiger partial charge in [-0.15, -0.1) is 0 Å². The van der Waals surface area contributed by atoms with Crippen molar-refractivity contribution in [3.63, 3.8) is 0 Å². The van der Waals surface area contributed by atoms with Crippen molar-refractivity contribution in [2.45, 2.75) is 39.7 Å². The zero-order valence-corrected chi connectivity index (χ0v) is 10.7. The Labute approximate surface area is 101 Å². The molecule has 0 radical (unpaired) electrons. The average molecular weight is 238 g/mol. The van der Waals surface area contributed by atoms with Crippen LogP contribution >= 0.6 is 0 Å². The van der Waals surface area contributed by atoms with Gasteiger partial charge in [0, 0.05) is 11.2 Å². The van der Waals surface area contributed by atoms with E-state index in [1.807, 2.05) is 20.8 Å². The van der Waals surface area contributed by atoms with Gasteiger partial charge in [-0.25, -0.2) is 4.39 Å². The molecular formula is C13H19FN2O. The summed E-state index contributed by atoms with van der Waals surface area (Å²) in [6.07, 6.45) is 0.766. The third-order valence-corrected chi connectivity index (χ3v) is 2.86. The van der Waals surface area contributed by atoms with Gasteiger partial charge < -0.3 is 11.1 Å². The summed E-state index contributed by atoms with van der Waals surface area (Å²) in [5.74, 6) is -0.937. The van der Waals surface area contributed by atoms with Gasteiger partial charge in [0.2, 0.25) is 0 Å². The van der Waals surface area contributed by atoms with Crippen LogP contribution in [0.3, 0.4) is 0 Å². The molecule has 1 amide bonds. The number of amides is 1. The number of nitrogens with one attached hydrogen (secondary N) is 1. The number of nitrogens with two attached hydrogens (primary N) is 1. The van der Waals surface area contributed by atoms with E-state index in [9.17, 15) is 9.18 Å². The number of aryl methyl sites for hydroxylation is 1. The van der Waals surface area contributed by atoms with Gasteiger partial charge in [0.1, 0.15) is 5.82 Å². The minimum absolute atomic E-state index is 0.00373. The van der Waals surface area contributed by atoms with Crippen LogP contribution in [0, 0.1) is 12.7 Å². The second-order valence-electron chi connectivity index (χ2n) is 4.89. The highest BCUT2D eigenvalue weighted by Crippen LogP contribution is 2.18. The first-order valence-electron chi connectivity index (χ1n) is 5.65. The minimum Gasteiger partial charge on any atom is -0.399 e. The lowest BCUT2D eigenvalue weighted by Crippen LogP contribution is -2.43. The van der Waals surface area contributed by atoms with Gasteiger partial charge in [0.05, 0.1) is 5.56 Å². The van der Waals surface area contributed by atoms with Crippen LogP contribution in [0.2, 0.25) is 0 Å². The Kier molecular flexibility index (Phi) is 3.76. The van der Waals surface area contributed by atoms with Crippen molar-refractivity contribution in [1.82, 2.24) is 5.32 Å². The van der Waals surface area contributed by atoms with Gasteiger partial charge in [-0.1, -0.05) is 6.92 Å². The van der Waals surface area contributed by atoms with Gasteiger partial charge >= 0.3 is 0 Å². The summed E-state index contributed by atoms with van der Waals surface area (Å²) < 4.78 is 13.8. The molecule has 0 unspecified atom stereocenters. The van der Waals surface area contributed by atoms with E-state index in [0.717, 1.165) is 6.42 Å². The van der Waals surface area contributed by atoms with Crippen molar-refractivity contribution >= 4 is 11.6 Å². The van der Waals surface area contributed by atoms with E-state index in [-0.39, 0.29) is 11.1 Å². The number of anilines is 1. The van der Waals surface area contributed by atoms with E-state index in [1.54, 1.807) is 6.92 Å². The van der Waals surface area contributed by atoms with Crippen LogP contribution in [0.25, 0.3) is 0 Å². The third kappa shape index (κ3) is 3.19. The fourth-order valence-corrected chi connectivity index (χ4v) is 1.43. The van der Waals surface area contributed by atoms with Crippen molar-refractivity contribution < 1.29 is 9.18 Å². The molecule has 0 spiro atoms. The molecule has 1 aromatic rings. The molecule has 0 aromatic heterocycles. The maximum absolute atomic E-state index is 13.8. The number of carbonyl (C=O) groups excluding carboxylic acids is 1. The van der Waals surface area contributed by atoms with Gasteiger partial charge in [0.15, 0.2) is 0 Å². The van der Waals surface area contributed by atoms with E-state index in [1.165, 1.54) is 12.1 Å². The summed E-state index contributed by atoms with van der Waals surface area (Å²) >= 11 is 0. The standard InChI is InChI=1S/C13H19FN2O/c1-5-13(3,4)16-12(17)10-7-9(15)6-8(2)11(10)14/h6-7H,5,15H2,1-4H3,(H,16,17). The van der Waals surface area contributed by atoms with Gasteiger partial charge in [-0.3, -0.25) is 4.79 Å². The lowest BCUT2D eigenvalue weighted by Gasteiger charge is -2.24. The van der Waals surface area contributed by atoms with Gasteiger partial charge in [0.25, 0.3) is 5.91 Å². The number of nitrogen functional groups attached to an aromatic ring is 1. The van der Waals surface area contributed by atoms with Crippen molar-refractivity contribution in [2.75, 3.05) is 5.73 Å². The quantitative estimate of drug-likeness (QED) is 0.795. The maximum atomic E-state index is 13.8. The number of benzene rings is 1. The van der Waals surface area contributed by atoms with E-state index >= 15 is 0 Å². The zero-order valence-electron chi connectivity index (χ0n) is 10.7. The van der Waals surface area contributed by atoms with E-state index in [0.29, 0.717) is 11.3 Å². The second-order valence-corrected chi connectivity index (χ2v) is 4.89. The highest BCUT2D eigenvalue weighted by Gasteiger charge is 2.21. The Morgan fingerprint density at radius 1 is 1.47 bits per heavy atom. The normalized spacial score (nSPS) is 11.4. The highest BCUT2D eigenvalue weighted by molar-refractivity contribution is 5.96. The fraction of sp³-hybridized carbons (Fsp3) is 0.462. The molecule has 17 heavy (non-hydrogen) atoms.